The highest BCUT2D eigenvalue weighted by molar-refractivity contribution is 7.99. The van der Waals surface area contributed by atoms with Gasteiger partial charge in [-0.2, -0.15) is 5.26 Å². The van der Waals surface area contributed by atoms with Crippen LogP contribution < -0.4 is 10.5 Å². The van der Waals surface area contributed by atoms with Crippen molar-refractivity contribution in [1.82, 2.24) is 0 Å². The molecule has 0 aliphatic carbocycles. The topological polar surface area (TPSA) is 59.0 Å². The second-order valence-electron chi connectivity index (χ2n) is 4.70. The maximum absolute atomic E-state index is 8.87. The highest BCUT2D eigenvalue weighted by Gasteiger charge is 2.17. The quantitative estimate of drug-likeness (QED) is 0.848. The predicted molar refractivity (Wildman–Crippen MR) is 81.9 cm³/mol. The van der Waals surface area contributed by atoms with Crippen LogP contribution in [0.25, 0.3) is 0 Å². The number of nitrogens with two attached hydrogens (primary N) is 1. The molecule has 2 N–H and O–H groups in total. The number of ether oxygens (including phenoxy) is 1. The van der Waals surface area contributed by atoms with Crippen LogP contribution in [-0.2, 0) is 0 Å². The van der Waals surface area contributed by atoms with Crippen molar-refractivity contribution in [2.75, 3.05) is 5.75 Å². The van der Waals surface area contributed by atoms with Gasteiger partial charge >= 0.3 is 0 Å². The van der Waals surface area contributed by atoms with Gasteiger partial charge in [0, 0.05) is 10.6 Å². The number of thioether (sulfide) groups is 1. The standard InChI is InChI=1S/C16H16N2OS/c1-16(18,11-17)12-20-15-9-7-14(8-10-15)19-13-5-3-2-4-6-13/h2-10H,12,18H2,1H3. The van der Waals surface area contributed by atoms with Crippen molar-refractivity contribution in [2.45, 2.75) is 17.4 Å². The molecule has 0 aliphatic heterocycles. The number of nitriles is 1. The smallest absolute Gasteiger partial charge is 0.127 e. The fourth-order valence-corrected chi connectivity index (χ4v) is 2.35. The van der Waals surface area contributed by atoms with Crippen molar-refractivity contribution >= 4 is 11.8 Å². The lowest BCUT2D eigenvalue weighted by atomic mass is 10.1. The highest BCUT2D eigenvalue weighted by Crippen LogP contribution is 2.26. The third-order valence-electron chi connectivity index (χ3n) is 2.60. The Bertz CT molecular complexity index is 588. The highest BCUT2D eigenvalue weighted by atomic mass is 32.2. The van der Waals surface area contributed by atoms with Crippen LogP contribution in [0.15, 0.2) is 59.5 Å². The minimum absolute atomic E-state index is 0.558. The fourth-order valence-electron chi connectivity index (χ4n) is 1.49. The molecule has 0 radical (unpaired) electrons. The monoisotopic (exact) mass is 284 g/mol. The molecule has 0 saturated heterocycles. The van der Waals surface area contributed by atoms with Crippen LogP contribution in [0.2, 0.25) is 0 Å². The summed E-state index contributed by atoms with van der Waals surface area (Å²) in [5, 5.41) is 8.87. The molecule has 1 unspecified atom stereocenters. The van der Waals surface area contributed by atoms with Crippen LogP contribution in [0, 0.1) is 11.3 Å². The van der Waals surface area contributed by atoms with E-state index < -0.39 is 5.54 Å². The van der Waals surface area contributed by atoms with Crippen molar-refractivity contribution in [3.63, 3.8) is 0 Å². The summed E-state index contributed by atoms with van der Waals surface area (Å²) in [5.41, 5.74) is 4.99. The molecule has 3 nitrogen and oxygen atoms in total. The molecule has 2 rings (SSSR count). The average molecular weight is 284 g/mol. The number of para-hydroxylation sites is 1. The molecule has 0 aliphatic rings. The van der Waals surface area contributed by atoms with E-state index in [9.17, 15) is 0 Å². The first-order chi connectivity index (χ1) is 9.59. The Morgan fingerprint density at radius 1 is 1.10 bits per heavy atom. The van der Waals surface area contributed by atoms with Gasteiger partial charge in [-0.15, -0.1) is 11.8 Å². The van der Waals surface area contributed by atoms with Gasteiger partial charge in [0.15, 0.2) is 0 Å². The molecule has 2 aromatic rings. The lowest BCUT2D eigenvalue weighted by Crippen LogP contribution is -2.36. The van der Waals surface area contributed by atoms with Crippen LogP contribution in [0.5, 0.6) is 11.5 Å². The minimum atomic E-state index is -0.802. The number of rotatable bonds is 5. The average Bonchev–Trinajstić information content (AvgIpc) is 2.48. The summed E-state index contributed by atoms with van der Waals surface area (Å²) in [6.45, 7) is 1.73. The summed E-state index contributed by atoms with van der Waals surface area (Å²) in [7, 11) is 0. The summed E-state index contributed by atoms with van der Waals surface area (Å²) in [6.07, 6.45) is 0. The summed E-state index contributed by atoms with van der Waals surface area (Å²) >= 11 is 1.56. The number of nitrogens with zero attached hydrogens (tertiary/aromatic N) is 1. The summed E-state index contributed by atoms with van der Waals surface area (Å²) in [4.78, 5) is 1.07. The number of benzene rings is 2. The Labute approximate surface area is 123 Å². The molecule has 0 fully saturated rings. The van der Waals surface area contributed by atoms with E-state index in [0.29, 0.717) is 5.75 Å². The molecule has 0 aromatic heterocycles. The Morgan fingerprint density at radius 3 is 2.30 bits per heavy atom. The predicted octanol–water partition coefficient (Wildman–Crippen LogP) is 3.81. The summed E-state index contributed by atoms with van der Waals surface area (Å²) < 4.78 is 5.71. The van der Waals surface area contributed by atoms with Crippen molar-refractivity contribution < 1.29 is 4.74 Å². The maximum Gasteiger partial charge on any atom is 0.127 e. The molecular weight excluding hydrogens is 268 g/mol. The molecule has 0 bridgehead atoms. The van der Waals surface area contributed by atoms with Gasteiger partial charge in [0.05, 0.1) is 6.07 Å². The van der Waals surface area contributed by atoms with E-state index in [2.05, 4.69) is 6.07 Å². The van der Waals surface area contributed by atoms with E-state index in [0.717, 1.165) is 16.4 Å². The van der Waals surface area contributed by atoms with Crippen LogP contribution in [-0.4, -0.2) is 11.3 Å². The Morgan fingerprint density at radius 2 is 1.70 bits per heavy atom. The maximum atomic E-state index is 8.87. The largest absolute Gasteiger partial charge is 0.457 e. The second-order valence-corrected chi connectivity index (χ2v) is 5.75. The molecule has 20 heavy (non-hydrogen) atoms. The van der Waals surface area contributed by atoms with Crippen LogP contribution in [0.1, 0.15) is 6.92 Å². The van der Waals surface area contributed by atoms with E-state index in [-0.39, 0.29) is 0 Å². The molecule has 0 saturated carbocycles. The van der Waals surface area contributed by atoms with Crippen molar-refractivity contribution in [3.8, 4) is 17.6 Å². The molecule has 1 atom stereocenters. The first kappa shape index (κ1) is 14.4. The third kappa shape index (κ3) is 4.30. The lowest BCUT2D eigenvalue weighted by molar-refractivity contribution is 0.482. The molecular formula is C16H16N2OS. The normalized spacial score (nSPS) is 13.2. The zero-order valence-corrected chi connectivity index (χ0v) is 12.1. The Kier molecular flexibility index (Phi) is 4.67. The van der Waals surface area contributed by atoms with Crippen molar-refractivity contribution in [3.05, 3.63) is 54.6 Å². The third-order valence-corrected chi connectivity index (χ3v) is 3.95. The minimum Gasteiger partial charge on any atom is -0.457 e. The lowest BCUT2D eigenvalue weighted by Gasteiger charge is -2.14. The van der Waals surface area contributed by atoms with Crippen LogP contribution >= 0.6 is 11.8 Å². The van der Waals surface area contributed by atoms with Gasteiger partial charge in [0.2, 0.25) is 0 Å². The van der Waals surface area contributed by atoms with E-state index in [1.54, 1.807) is 18.7 Å². The zero-order chi connectivity index (χ0) is 14.4. The van der Waals surface area contributed by atoms with Crippen LogP contribution in [0.4, 0.5) is 0 Å². The molecule has 2 aromatic carbocycles. The molecule has 102 valence electrons. The van der Waals surface area contributed by atoms with E-state index in [4.69, 9.17) is 15.7 Å². The van der Waals surface area contributed by atoms with E-state index >= 15 is 0 Å². The number of hydrogen-bond donors (Lipinski definition) is 1. The summed E-state index contributed by atoms with van der Waals surface area (Å²) in [6, 6.07) is 19.5. The van der Waals surface area contributed by atoms with Gasteiger partial charge in [-0.05, 0) is 43.3 Å². The van der Waals surface area contributed by atoms with Crippen molar-refractivity contribution in [2.24, 2.45) is 5.73 Å². The first-order valence-corrected chi connectivity index (χ1v) is 7.23. The SMILES string of the molecule is CC(N)(C#N)CSc1ccc(Oc2ccccc2)cc1. The fraction of sp³-hybridized carbons (Fsp3) is 0.188. The molecule has 0 heterocycles. The van der Waals surface area contributed by atoms with Gasteiger partial charge in [-0.25, -0.2) is 0 Å². The zero-order valence-electron chi connectivity index (χ0n) is 11.2. The van der Waals surface area contributed by atoms with Gasteiger partial charge < -0.3 is 10.5 Å². The second kappa shape index (κ2) is 6.47. The van der Waals surface area contributed by atoms with Gasteiger partial charge in [0.1, 0.15) is 17.0 Å². The van der Waals surface area contributed by atoms with Gasteiger partial charge in [-0.1, -0.05) is 18.2 Å². The Hall–Kier alpha value is -1.96. The van der Waals surface area contributed by atoms with E-state index in [1.165, 1.54) is 0 Å². The first-order valence-electron chi connectivity index (χ1n) is 6.25. The molecule has 4 heteroatoms. The Balaban J connectivity index is 1.95. The summed E-state index contributed by atoms with van der Waals surface area (Å²) in [5.74, 6) is 2.16. The van der Waals surface area contributed by atoms with Gasteiger partial charge in [0.25, 0.3) is 0 Å². The molecule has 0 amide bonds. The number of hydrogen-bond acceptors (Lipinski definition) is 4. The van der Waals surface area contributed by atoms with Crippen molar-refractivity contribution in [1.29, 1.82) is 5.26 Å². The van der Waals surface area contributed by atoms with E-state index in [1.807, 2.05) is 54.6 Å². The van der Waals surface area contributed by atoms with Gasteiger partial charge in [-0.3, -0.25) is 0 Å². The molecule has 0 spiro atoms. The van der Waals surface area contributed by atoms with Crippen LogP contribution in [0.3, 0.4) is 0 Å².